The van der Waals surface area contributed by atoms with E-state index in [9.17, 15) is 5.11 Å². The zero-order valence-corrected chi connectivity index (χ0v) is 16.4. The van der Waals surface area contributed by atoms with Gasteiger partial charge in [-0.25, -0.2) is 9.97 Å². The topological polar surface area (TPSA) is 93.3 Å². The molecule has 0 radical (unpaired) electrons. The largest absolute Gasteiger partial charge is 1.00 e. The fourth-order valence-corrected chi connectivity index (χ4v) is 3.25. The van der Waals surface area contributed by atoms with Gasteiger partial charge in [-0.2, -0.15) is 0 Å². The van der Waals surface area contributed by atoms with Crippen molar-refractivity contribution >= 4 is 0 Å². The first-order chi connectivity index (χ1) is 11.8. The summed E-state index contributed by atoms with van der Waals surface area (Å²) >= 11 is 0. The number of hydrogen-bond acceptors (Lipinski definition) is 7. The Labute approximate surface area is 168 Å². The molecule has 2 aliphatic rings. The zero-order valence-electron chi connectivity index (χ0n) is 14.4. The SMILES string of the molecule is [Na+].[O-]c1cc(-c2cnc(OC3CC(OCC4CCCC4)C3)cn2)on1. The minimum Gasteiger partial charge on any atom is -0.856 e. The molecule has 128 valence electrons. The van der Waals surface area contributed by atoms with Gasteiger partial charge in [-0.1, -0.05) is 18.0 Å². The summed E-state index contributed by atoms with van der Waals surface area (Å²) in [5.74, 6) is 1.11. The molecule has 0 aromatic carbocycles. The molecule has 7 nitrogen and oxygen atoms in total. The van der Waals surface area contributed by atoms with Gasteiger partial charge in [0.25, 0.3) is 0 Å². The summed E-state index contributed by atoms with van der Waals surface area (Å²) in [4.78, 5) is 8.39. The van der Waals surface area contributed by atoms with Crippen molar-refractivity contribution in [3.63, 3.8) is 0 Å². The minimum absolute atomic E-state index is 0. The Morgan fingerprint density at radius 3 is 2.56 bits per heavy atom. The normalized spacial score (nSPS) is 23.0. The van der Waals surface area contributed by atoms with Crippen LogP contribution in [0.25, 0.3) is 11.5 Å². The van der Waals surface area contributed by atoms with E-state index in [1.807, 2.05) is 0 Å². The Morgan fingerprint density at radius 2 is 1.92 bits per heavy atom. The van der Waals surface area contributed by atoms with E-state index in [-0.39, 0.29) is 35.7 Å². The van der Waals surface area contributed by atoms with Crippen LogP contribution in [-0.4, -0.2) is 33.9 Å². The van der Waals surface area contributed by atoms with Crippen molar-refractivity contribution in [3.8, 4) is 23.2 Å². The maximum Gasteiger partial charge on any atom is 1.00 e. The minimum atomic E-state index is -0.426. The molecule has 2 heterocycles. The smallest absolute Gasteiger partial charge is 0.856 e. The van der Waals surface area contributed by atoms with Crippen molar-refractivity contribution in [2.75, 3.05) is 6.61 Å². The van der Waals surface area contributed by atoms with E-state index >= 15 is 0 Å². The molecule has 2 aromatic rings. The van der Waals surface area contributed by atoms with Crippen LogP contribution in [0.15, 0.2) is 23.0 Å². The quantitative estimate of drug-likeness (QED) is 0.636. The zero-order chi connectivity index (χ0) is 16.4. The van der Waals surface area contributed by atoms with E-state index in [1.54, 1.807) is 0 Å². The van der Waals surface area contributed by atoms with Crippen LogP contribution < -0.4 is 39.4 Å². The van der Waals surface area contributed by atoms with Gasteiger partial charge in [-0.05, 0) is 18.8 Å². The molecule has 0 bridgehead atoms. The van der Waals surface area contributed by atoms with Crippen molar-refractivity contribution in [2.45, 2.75) is 50.7 Å². The second-order valence-corrected chi connectivity index (χ2v) is 6.59. The van der Waals surface area contributed by atoms with Gasteiger partial charge in [0.1, 0.15) is 11.8 Å². The number of aromatic nitrogens is 3. The summed E-state index contributed by atoms with van der Waals surface area (Å²) in [5.41, 5.74) is 0.461. The van der Waals surface area contributed by atoms with Crippen molar-refractivity contribution in [3.05, 3.63) is 18.5 Å². The van der Waals surface area contributed by atoms with Crippen LogP contribution in [0.5, 0.6) is 11.8 Å². The Hall–Kier alpha value is -1.15. The molecule has 0 atom stereocenters. The van der Waals surface area contributed by atoms with Gasteiger partial charge >= 0.3 is 29.6 Å². The molecular formula is C17H20N3NaO4. The first-order valence-corrected chi connectivity index (χ1v) is 8.50. The monoisotopic (exact) mass is 353 g/mol. The molecule has 0 unspecified atom stereocenters. The average molecular weight is 353 g/mol. The molecule has 0 saturated heterocycles. The molecule has 0 aliphatic heterocycles. The van der Waals surface area contributed by atoms with Crippen LogP contribution in [0.1, 0.15) is 38.5 Å². The molecule has 8 heteroatoms. The van der Waals surface area contributed by atoms with Gasteiger partial charge in [0.15, 0.2) is 5.76 Å². The summed E-state index contributed by atoms with van der Waals surface area (Å²) in [6.45, 7) is 0.894. The third-order valence-electron chi connectivity index (χ3n) is 4.75. The second kappa shape index (κ2) is 8.49. The number of hydrogen-bond donors (Lipinski definition) is 0. The first kappa shape index (κ1) is 18.6. The molecule has 0 spiro atoms. The predicted octanol–water partition coefficient (Wildman–Crippen LogP) is -0.674. The Morgan fingerprint density at radius 1 is 1.12 bits per heavy atom. The van der Waals surface area contributed by atoms with E-state index in [0.717, 1.165) is 25.4 Å². The molecule has 25 heavy (non-hydrogen) atoms. The maximum atomic E-state index is 11.0. The molecule has 4 rings (SSSR count). The maximum absolute atomic E-state index is 11.0. The van der Waals surface area contributed by atoms with Crippen molar-refractivity contribution in [2.24, 2.45) is 5.92 Å². The first-order valence-electron chi connectivity index (χ1n) is 8.50. The van der Waals surface area contributed by atoms with Crippen LogP contribution in [0.2, 0.25) is 0 Å². The van der Waals surface area contributed by atoms with Gasteiger partial charge in [-0.3, -0.25) is 0 Å². The van der Waals surface area contributed by atoms with Crippen molar-refractivity contribution in [1.29, 1.82) is 0 Å². The van der Waals surface area contributed by atoms with Gasteiger partial charge in [0.05, 0.1) is 18.5 Å². The van der Waals surface area contributed by atoms with Crippen LogP contribution in [-0.2, 0) is 4.74 Å². The second-order valence-electron chi connectivity index (χ2n) is 6.59. The molecule has 0 amide bonds. The number of ether oxygens (including phenoxy) is 2. The van der Waals surface area contributed by atoms with Gasteiger partial charge in [0, 0.05) is 31.4 Å². The molecule has 2 aliphatic carbocycles. The van der Waals surface area contributed by atoms with E-state index in [0.29, 0.717) is 23.4 Å². The summed E-state index contributed by atoms with van der Waals surface area (Å²) < 4.78 is 16.6. The Bertz CT molecular complexity index is 667. The summed E-state index contributed by atoms with van der Waals surface area (Å²) in [6, 6.07) is 1.28. The van der Waals surface area contributed by atoms with Crippen LogP contribution in [0.3, 0.4) is 0 Å². The molecule has 0 N–H and O–H groups in total. The van der Waals surface area contributed by atoms with Crippen molar-refractivity contribution in [1.82, 2.24) is 15.1 Å². The number of rotatable bonds is 6. The number of nitrogens with zero attached hydrogens (tertiary/aromatic N) is 3. The van der Waals surface area contributed by atoms with Crippen LogP contribution in [0.4, 0.5) is 0 Å². The van der Waals surface area contributed by atoms with E-state index in [1.165, 1.54) is 44.1 Å². The standard InChI is InChI=1S/C17H21N3O4.Na/c21-16-7-15(24-20-16)14-8-19-17(9-18-14)23-13-5-12(6-13)22-10-11-3-1-2-4-11;/h7-9,11-13H,1-6,10H2,(H,20,21);/q;+1/p-1. The molecule has 2 saturated carbocycles. The summed E-state index contributed by atoms with van der Waals surface area (Å²) in [7, 11) is 0. The molecule has 2 aromatic heterocycles. The van der Waals surface area contributed by atoms with Gasteiger partial charge in [0.2, 0.25) is 5.88 Å². The molecule has 2 fully saturated rings. The Kier molecular flexibility index (Phi) is 6.33. The van der Waals surface area contributed by atoms with Crippen LogP contribution in [0, 0.1) is 5.92 Å². The van der Waals surface area contributed by atoms with Crippen molar-refractivity contribution < 1.29 is 48.7 Å². The fourth-order valence-electron chi connectivity index (χ4n) is 3.25. The molecular weight excluding hydrogens is 333 g/mol. The summed E-state index contributed by atoms with van der Waals surface area (Å²) in [6.07, 6.45) is 10.6. The predicted molar refractivity (Wildman–Crippen MR) is 82.3 cm³/mol. The van der Waals surface area contributed by atoms with E-state index in [4.69, 9.17) is 14.0 Å². The average Bonchev–Trinajstić information content (AvgIpc) is 3.21. The third-order valence-corrected chi connectivity index (χ3v) is 4.75. The van der Waals surface area contributed by atoms with E-state index in [2.05, 4.69) is 15.1 Å². The van der Waals surface area contributed by atoms with Gasteiger partial charge < -0.3 is 19.1 Å². The van der Waals surface area contributed by atoms with Crippen LogP contribution >= 0.6 is 0 Å². The van der Waals surface area contributed by atoms with E-state index < -0.39 is 5.88 Å². The summed E-state index contributed by atoms with van der Waals surface area (Å²) in [5, 5.41) is 14.3. The van der Waals surface area contributed by atoms with Gasteiger partial charge in [-0.15, -0.1) is 0 Å². The fraction of sp³-hybridized carbons (Fsp3) is 0.588. The Balaban J connectivity index is 0.00000182. The third kappa shape index (κ3) is 4.73.